The van der Waals surface area contributed by atoms with Crippen LogP contribution in [0.1, 0.15) is 45.1 Å². The summed E-state index contributed by atoms with van der Waals surface area (Å²) in [6, 6.07) is 7.35. The predicted molar refractivity (Wildman–Crippen MR) is 99.3 cm³/mol. The van der Waals surface area contributed by atoms with Gasteiger partial charge in [-0.1, -0.05) is 0 Å². The maximum Gasteiger partial charge on any atom is 0.407 e. The van der Waals surface area contributed by atoms with Crippen LogP contribution in [-0.4, -0.2) is 39.5 Å². The number of amides is 2. The summed E-state index contributed by atoms with van der Waals surface area (Å²) < 4.78 is 19.7. The third-order valence-corrected chi connectivity index (χ3v) is 3.44. The Hall–Kier alpha value is -2.90. The van der Waals surface area contributed by atoms with Crippen LogP contribution < -0.4 is 10.6 Å². The highest BCUT2D eigenvalue weighted by Crippen LogP contribution is 2.11. The molecular formula is C19H25FN4O3. The van der Waals surface area contributed by atoms with Crippen LogP contribution in [0.5, 0.6) is 0 Å². The number of hydrogen-bond donors (Lipinski definition) is 2. The van der Waals surface area contributed by atoms with Crippen LogP contribution in [-0.2, 0) is 4.74 Å². The van der Waals surface area contributed by atoms with Crippen molar-refractivity contribution in [1.82, 2.24) is 20.4 Å². The van der Waals surface area contributed by atoms with Crippen LogP contribution >= 0.6 is 0 Å². The van der Waals surface area contributed by atoms with Crippen LogP contribution in [0.25, 0.3) is 5.69 Å². The zero-order valence-corrected chi connectivity index (χ0v) is 16.2. The van der Waals surface area contributed by atoms with Gasteiger partial charge < -0.3 is 15.4 Å². The van der Waals surface area contributed by atoms with E-state index in [2.05, 4.69) is 15.7 Å². The van der Waals surface area contributed by atoms with Crippen molar-refractivity contribution in [3.8, 4) is 5.69 Å². The summed E-state index contributed by atoms with van der Waals surface area (Å²) in [7, 11) is 0. The first-order chi connectivity index (χ1) is 12.5. The van der Waals surface area contributed by atoms with Crippen LogP contribution in [0.15, 0.2) is 36.5 Å². The number of ether oxygens (including phenoxy) is 1. The molecule has 0 spiro atoms. The normalized spacial score (nSPS) is 11.8. The second-order valence-corrected chi connectivity index (χ2v) is 7.82. The van der Waals surface area contributed by atoms with E-state index < -0.39 is 17.2 Å². The number of benzene rings is 1. The summed E-state index contributed by atoms with van der Waals surface area (Å²) in [6.45, 7) is 9.07. The number of carbonyl (C=O) groups excluding carboxylic acids is 2. The van der Waals surface area contributed by atoms with Crippen LogP contribution in [0.4, 0.5) is 9.18 Å². The van der Waals surface area contributed by atoms with E-state index in [1.165, 1.54) is 16.8 Å². The highest BCUT2D eigenvalue weighted by Gasteiger charge is 2.25. The molecule has 0 aliphatic rings. The standard InChI is InChI=1S/C19H25FN4O3/c1-18(2,3)27-17(26)21-12-19(4,5)22-16(25)15-10-11-24(23-15)14-8-6-13(20)7-9-14/h6-11H,12H2,1-5H3,(H,21,26)(H,22,25). The van der Waals surface area contributed by atoms with Gasteiger partial charge in [0.25, 0.3) is 5.91 Å². The molecule has 1 heterocycles. The largest absolute Gasteiger partial charge is 0.444 e. The number of nitrogens with one attached hydrogen (secondary N) is 2. The van der Waals surface area contributed by atoms with Gasteiger partial charge >= 0.3 is 6.09 Å². The van der Waals surface area contributed by atoms with Gasteiger partial charge in [0, 0.05) is 12.7 Å². The molecule has 2 rings (SSSR count). The van der Waals surface area contributed by atoms with Gasteiger partial charge in [-0.3, -0.25) is 4.79 Å². The van der Waals surface area contributed by atoms with Crippen molar-refractivity contribution in [3.63, 3.8) is 0 Å². The Bertz CT molecular complexity index is 807. The molecule has 0 unspecified atom stereocenters. The van der Waals surface area contributed by atoms with Gasteiger partial charge in [-0.25, -0.2) is 13.9 Å². The lowest BCUT2D eigenvalue weighted by molar-refractivity contribution is 0.0509. The van der Waals surface area contributed by atoms with Crippen molar-refractivity contribution >= 4 is 12.0 Å². The van der Waals surface area contributed by atoms with Gasteiger partial charge in [0.05, 0.1) is 11.2 Å². The monoisotopic (exact) mass is 376 g/mol. The predicted octanol–water partition coefficient (Wildman–Crippen LogP) is 3.04. The molecule has 0 bridgehead atoms. The first-order valence-electron chi connectivity index (χ1n) is 8.56. The second kappa shape index (κ2) is 7.77. The number of carbonyl (C=O) groups is 2. The molecule has 7 nitrogen and oxygen atoms in total. The SMILES string of the molecule is CC(C)(CNC(=O)OC(C)(C)C)NC(=O)c1ccn(-c2ccc(F)cc2)n1. The lowest BCUT2D eigenvalue weighted by Gasteiger charge is -2.27. The highest BCUT2D eigenvalue weighted by atomic mass is 19.1. The lowest BCUT2D eigenvalue weighted by atomic mass is 10.1. The fourth-order valence-corrected chi connectivity index (χ4v) is 2.21. The van der Waals surface area contributed by atoms with E-state index in [-0.39, 0.29) is 24.0 Å². The maximum absolute atomic E-state index is 13.0. The molecule has 2 aromatic rings. The first-order valence-corrected chi connectivity index (χ1v) is 8.56. The van der Waals surface area contributed by atoms with E-state index in [1.54, 1.807) is 59.0 Å². The number of aromatic nitrogens is 2. The van der Waals surface area contributed by atoms with Gasteiger partial charge in [0.15, 0.2) is 5.69 Å². The molecule has 8 heteroatoms. The molecule has 146 valence electrons. The molecular weight excluding hydrogens is 351 g/mol. The molecule has 0 atom stereocenters. The van der Waals surface area contributed by atoms with E-state index in [9.17, 15) is 14.0 Å². The van der Waals surface area contributed by atoms with E-state index >= 15 is 0 Å². The van der Waals surface area contributed by atoms with Crippen molar-refractivity contribution in [3.05, 3.63) is 48.0 Å². The van der Waals surface area contributed by atoms with Crippen LogP contribution in [0.2, 0.25) is 0 Å². The summed E-state index contributed by atoms with van der Waals surface area (Å²) in [6.07, 6.45) is 1.07. The molecule has 0 radical (unpaired) electrons. The smallest absolute Gasteiger partial charge is 0.407 e. The maximum atomic E-state index is 13.0. The quantitative estimate of drug-likeness (QED) is 0.840. The number of hydrogen-bond acceptors (Lipinski definition) is 4. The molecule has 0 saturated heterocycles. The molecule has 2 N–H and O–H groups in total. The average Bonchev–Trinajstić information content (AvgIpc) is 3.02. The van der Waals surface area contributed by atoms with E-state index in [1.807, 2.05) is 0 Å². The van der Waals surface area contributed by atoms with Crippen molar-refractivity contribution in [2.45, 2.75) is 45.8 Å². The number of halogens is 1. The fraction of sp³-hybridized carbons (Fsp3) is 0.421. The molecule has 0 saturated carbocycles. The Morgan fingerprint density at radius 1 is 1.11 bits per heavy atom. The Kier molecular flexibility index (Phi) is 5.88. The molecule has 0 aliphatic heterocycles. The topological polar surface area (TPSA) is 85.3 Å². The minimum absolute atomic E-state index is 0.187. The fourth-order valence-electron chi connectivity index (χ4n) is 2.21. The van der Waals surface area contributed by atoms with Crippen LogP contribution in [0, 0.1) is 5.82 Å². The van der Waals surface area contributed by atoms with Gasteiger partial charge in [-0.05, 0) is 65.0 Å². The zero-order valence-electron chi connectivity index (χ0n) is 16.2. The van der Waals surface area contributed by atoms with Gasteiger partial charge in [0.1, 0.15) is 11.4 Å². The van der Waals surface area contributed by atoms with Gasteiger partial charge in [0.2, 0.25) is 0 Å². The van der Waals surface area contributed by atoms with Crippen molar-refractivity contribution in [1.29, 1.82) is 0 Å². The summed E-state index contributed by atoms with van der Waals surface area (Å²) in [4.78, 5) is 24.2. The summed E-state index contributed by atoms with van der Waals surface area (Å²) in [5.41, 5.74) is -0.454. The number of alkyl carbamates (subject to hydrolysis) is 1. The molecule has 0 fully saturated rings. The number of rotatable bonds is 5. The molecule has 0 aliphatic carbocycles. The van der Waals surface area contributed by atoms with Crippen molar-refractivity contribution < 1.29 is 18.7 Å². The van der Waals surface area contributed by atoms with Crippen molar-refractivity contribution in [2.75, 3.05) is 6.54 Å². The van der Waals surface area contributed by atoms with Crippen LogP contribution in [0.3, 0.4) is 0 Å². The third kappa shape index (κ3) is 6.40. The minimum atomic E-state index is -0.715. The van der Waals surface area contributed by atoms with Gasteiger partial charge in [-0.2, -0.15) is 5.10 Å². The summed E-state index contributed by atoms with van der Waals surface area (Å²) in [5, 5.41) is 9.66. The van der Waals surface area contributed by atoms with E-state index in [4.69, 9.17) is 4.74 Å². The van der Waals surface area contributed by atoms with Crippen molar-refractivity contribution in [2.24, 2.45) is 0 Å². The zero-order chi connectivity index (χ0) is 20.2. The molecule has 27 heavy (non-hydrogen) atoms. The Labute approximate surface area is 157 Å². The first kappa shape index (κ1) is 20.4. The second-order valence-electron chi connectivity index (χ2n) is 7.82. The average molecular weight is 376 g/mol. The Balaban J connectivity index is 1.95. The van der Waals surface area contributed by atoms with Gasteiger partial charge in [-0.15, -0.1) is 0 Å². The lowest BCUT2D eigenvalue weighted by Crippen LogP contribution is -2.52. The molecule has 1 aromatic carbocycles. The highest BCUT2D eigenvalue weighted by molar-refractivity contribution is 5.92. The summed E-state index contributed by atoms with van der Waals surface area (Å²) in [5.74, 6) is -0.727. The molecule has 1 aromatic heterocycles. The minimum Gasteiger partial charge on any atom is -0.444 e. The Morgan fingerprint density at radius 3 is 2.33 bits per heavy atom. The number of nitrogens with zero attached hydrogens (tertiary/aromatic N) is 2. The Morgan fingerprint density at radius 2 is 1.74 bits per heavy atom. The van der Waals surface area contributed by atoms with E-state index in [0.717, 1.165) is 0 Å². The summed E-state index contributed by atoms with van der Waals surface area (Å²) >= 11 is 0. The third-order valence-electron chi connectivity index (χ3n) is 3.44. The van der Waals surface area contributed by atoms with E-state index in [0.29, 0.717) is 5.69 Å². The molecule has 2 amide bonds.